The van der Waals surface area contributed by atoms with Gasteiger partial charge in [0, 0.05) is 12.5 Å². The predicted octanol–water partition coefficient (Wildman–Crippen LogP) is 2.74. The van der Waals surface area contributed by atoms with E-state index >= 15 is 0 Å². The van der Waals surface area contributed by atoms with E-state index in [0.717, 1.165) is 18.6 Å². The van der Waals surface area contributed by atoms with Gasteiger partial charge in [-0.2, -0.15) is 0 Å². The van der Waals surface area contributed by atoms with Crippen LogP contribution in [0.3, 0.4) is 0 Å². The average molecular weight is 267 g/mol. The lowest BCUT2D eigenvalue weighted by molar-refractivity contribution is 0.495. The Morgan fingerprint density at radius 3 is 3.06 bits per heavy atom. The first-order valence-electron chi connectivity index (χ1n) is 5.71. The number of nitrogen functional groups attached to an aromatic ring is 1. The van der Waals surface area contributed by atoms with Crippen molar-refractivity contribution in [2.45, 2.75) is 25.8 Å². The number of nitrogens with one attached hydrogen (secondary N) is 1. The fraction of sp³-hybridized carbons (Fsp3) is 0.333. The Morgan fingerprint density at radius 1 is 1.50 bits per heavy atom. The van der Waals surface area contributed by atoms with E-state index in [0.29, 0.717) is 11.5 Å². The van der Waals surface area contributed by atoms with Crippen LogP contribution in [0.5, 0.6) is 0 Å². The van der Waals surface area contributed by atoms with Crippen LogP contribution in [0, 0.1) is 0 Å². The number of furan rings is 1. The van der Waals surface area contributed by atoms with Crippen LogP contribution in [-0.2, 0) is 6.42 Å². The van der Waals surface area contributed by atoms with Gasteiger partial charge in [-0.1, -0.05) is 11.6 Å². The summed E-state index contributed by atoms with van der Waals surface area (Å²) in [6, 6.07) is 4.06. The van der Waals surface area contributed by atoms with Crippen LogP contribution in [-0.4, -0.2) is 16.0 Å². The quantitative estimate of drug-likeness (QED) is 0.814. The Bertz CT molecular complexity index is 501. The zero-order valence-corrected chi connectivity index (χ0v) is 10.8. The standard InChI is InChI=1S/C12H15ClN4O/c1-8(4-5-9-3-2-6-18-9)17-12-10(14)11(13)15-7-16-12/h2-3,6-8H,4-5,14H2,1H3,(H,15,16,17). The minimum atomic E-state index is 0.211. The minimum Gasteiger partial charge on any atom is -0.469 e. The van der Waals surface area contributed by atoms with Gasteiger partial charge in [0.15, 0.2) is 11.0 Å². The first kappa shape index (κ1) is 12.7. The third-order valence-electron chi connectivity index (χ3n) is 2.62. The number of anilines is 2. The summed E-state index contributed by atoms with van der Waals surface area (Å²) < 4.78 is 5.28. The third-order valence-corrected chi connectivity index (χ3v) is 2.92. The summed E-state index contributed by atoms with van der Waals surface area (Å²) in [5.74, 6) is 1.54. The number of aromatic nitrogens is 2. The molecule has 0 spiro atoms. The maximum absolute atomic E-state index is 5.82. The zero-order chi connectivity index (χ0) is 13.0. The molecule has 0 fully saturated rings. The Morgan fingerprint density at radius 2 is 2.33 bits per heavy atom. The molecule has 0 aliphatic heterocycles. The molecular weight excluding hydrogens is 252 g/mol. The number of aryl methyl sites for hydroxylation is 1. The van der Waals surface area contributed by atoms with Crippen LogP contribution in [0.1, 0.15) is 19.1 Å². The molecule has 96 valence electrons. The first-order valence-corrected chi connectivity index (χ1v) is 6.09. The van der Waals surface area contributed by atoms with Crippen molar-refractivity contribution in [3.05, 3.63) is 35.6 Å². The molecule has 0 radical (unpaired) electrons. The lowest BCUT2D eigenvalue weighted by Gasteiger charge is -2.15. The van der Waals surface area contributed by atoms with E-state index in [2.05, 4.69) is 22.2 Å². The summed E-state index contributed by atoms with van der Waals surface area (Å²) in [6.45, 7) is 2.05. The molecule has 0 aliphatic rings. The van der Waals surface area contributed by atoms with Crippen molar-refractivity contribution in [3.63, 3.8) is 0 Å². The summed E-state index contributed by atoms with van der Waals surface area (Å²) in [5.41, 5.74) is 6.16. The highest BCUT2D eigenvalue weighted by atomic mass is 35.5. The van der Waals surface area contributed by atoms with Gasteiger partial charge in [-0.05, 0) is 25.5 Å². The first-order chi connectivity index (χ1) is 8.66. The zero-order valence-electron chi connectivity index (χ0n) is 10.1. The number of hydrogen-bond acceptors (Lipinski definition) is 5. The number of hydrogen-bond donors (Lipinski definition) is 2. The van der Waals surface area contributed by atoms with Crippen molar-refractivity contribution in [3.8, 4) is 0 Å². The van der Waals surface area contributed by atoms with Crippen LogP contribution in [0.15, 0.2) is 29.1 Å². The summed E-state index contributed by atoms with van der Waals surface area (Å²) in [5, 5.41) is 3.48. The van der Waals surface area contributed by atoms with Gasteiger partial charge in [-0.25, -0.2) is 9.97 Å². The van der Waals surface area contributed by atoms with Crippen molar-refractivity contribution in [2.24, 2.45) is 0 Å². The second kappa shape index (κ2) is 5.73. The van der Waals surface area contributed by atoms with Crippen molar-refractivity contribution >= 4 is 23.1 Å². The van der Waals surface area contributed by atoms with Crippen molar-refractivity contribution in [2.75, 3.05) is 11.1 Å². The van der Waals surface area contributed by atoms with Gasteiger partial charge in [-0.3, -0.25) is 0 Å². The second-order valence-electron chi connectivity index (χ2n) is 4.09. The van der Waals surface area contributed by atoms with Gasteiger partial charge >= 0.3 is 0 Å². The molecule has 3 N–H and O–H groups in total. The number of nitrogens with zero attached hydrogens (tertiary/aromatic N) is 2. The van der Waals surface area contributed by atoms with Gasteiger partial charge < -0.3 is 15.5 Å². The summed E-state index contributed by atoms with van der Waals surface area (Å²) in [7, 11) is 0. The Hall–Kier alpha value is -1.75. The third kappa shape index (κ3) is 3.13. The lowest BCUT2D eigenvalue weighted by Crippen LogP contribution is -2.18. The molecule has 6 heteroatoms. The molecule has 2 rings (SSSR count). The van der Waals surface area contributed by atoms with E-state index < -0.39 is 0 Å². The van der Waals surface area contributed by atoms with Gasteiger partial charge in [0.2, 0.25) is 0 Å². The van der Waals surface area contributed by atoms with Crippen molar-refractivity contribution in [1.29, 1.82) is 0 Å². The molecule has 0 aliphatic carbocycles. The van der Waals surface area contributed by atoms with E-state index in [9.17, 15) is 0 Å². The van der Waals surface area contributed by atoms with Crippen molar-refractivity contribution in [1.82, 2.24) is 9.97 Å². The number of rotatable bonds is 5. The Kier molecular flexibility index (Phi) is 4.04. The molecule has 5 nitrogen and oxygen atoms in total. The predicted molar refractivity (Wildman–Crippen MR) is 71.6 cm³/mol. The molecule has 1 unspecified atom stereocenters. The smallest absolute Gasteiger partial charge is 0.157 e. The number of nitrogens with two attached hydrogens (primary N) is 1. The van der Waals surface area contributed by atoms with E-state index in [1.165, 1.54) is 6.33 Å². The summed E-state index contributed by atoms with van der Waals surface area (Å²) in [6.07, 6.45) is 4.84. The van der Waals surface area contributed by atoms with Crippen molar-refractivity contribution < 1.29 is 4.42 Å². The average Bonchev–Trinajstić information content (AvgIpc) is 2.86. The molecule has 2 aromatic rings. The molecular formula is C12H15ClN4O. The molecule has 2 aromatic heterocycles. The van der Waals surface area contributed by atoms with Crippen LogP contribution in [0.4, 0.5) is 11.5 Å². The van der Waals surface area contributed by atoms with Crippen LogP contribution >= 0.6 is 11.6 Å². The normalized spacial score (nSPS) is 12.3. The van der Waals surface area contributed by atoms with Crippen LogP contribution < -0.4 is 11.1 Å². The second-order valence-corrected chi connectivity index (χ2v) is 4.45. The SMILES string of the molecule is CC(CCc1ccco1)Nc1ncnc(Cl)c1N. The molecule has 0 amide bonds. The fourth-order valence-electron chi connectivity index (χ4n) is 1.61. The molecule has 2 heterocycles. The molecule has 18 heavy (non-hydrogen) atoms. The number of halogens is 1. The molecule has 1 atom stereocenters. The van der Waals surface area contributed by atoms with Gasteiger partial charge in [0.1, 0.15) is 17.8 Å². The maximum atomic E-state index is 5.82. The minimum absolute atomic E-state index is 0.211. The van der Waals surface area contributed by atoms with Gasteiger partial charge in [-0.15, -0.1) is 0 Å². The van der Waals surface area contributed by atoms with Gasteiger partial charge in [0.25, 0.3) is 0 Å². The molecule has 0 aromatic carbocycles. The topological polar surface area (TPSA) is 77.0 Å². The van der Waals surface area contributed by atoms with E-state index in [-0.39, 0.29) is 11.2 Å². The summed E-state index contributed by atoms with van der Waals surface area (Å²) >= 11 is 5.82. The van der Waals surface area contributed by atoms with E-state index in [1.807, 2.05) is 12.1 Å². The monoisotopic (exact) mass is 266 g/mol. The highest BCUT2D eigenvalue weighted by molar-refractivity contribution is 6.32. The van der Waals surface area contributed by atoms with Crippen LogP contribution in [0.2, 0.25) is 5.15 Å². The fourth-order valence-corrected chi connectivity index (χ4v) is 1.74. The van der Waals surface area contributed by atoms with E-state index in [1.54, 1.807) is 6.26 Å². The summed E-state index contributed by atoms with van der Waals surface area (Å²) in [4.78, 5) is 7.88. The maximum Gasteiger partial charge on any atom is 0.157 e. The lowest BCUT2D eigenvalue weighted by atomic mass is 10.1. The Labute approximate surface area is 110 Å². The highest BCUT2D eigenvalue weighted by Crippen LogP contribution is 2.23. The molecule has 0 saturated heterocycles. The van der Waals surface area contributed by atoms with Gasteiger partial charge in [0.05, 0.1) is 6.26 Å². The largest absolute Gasteiger partial charge is 0.469 e. The van der Waals surface area contributed by atoms with E-state index in [4.69, 9.17) is 21.8 Å². The molecule has 0 saturated carbocycles. The highest BCUT2D eigenvalue weighted by Gasteiger charge is 2.09. The molecule has 0 bridgehead atoms. The van der Waals surface area contributed by atoms with Crippen LogP contribution in [0.25, 0.3) is 0 Å². The Balaban J connectivity index is 1.90.